The number of hydrogen-bond acceptors (Lipinski definition) is 4. The fraction of sp³-hybridized carbons (Fsp3) is 0.941. The molecule has 1 aliphatic heterocycles. The van der Waals surface area contributed by atoms with Gasteiger partial charge in [-0.1, -0.05) is 33.6 Å². The molecule has 26 heavy (non-hydrogen) atoms. The lowest BCUT2D eigenvalue weighted by Gasteiger charge is -2.64. The van der Waals surface area contributed by atoms with Gasteiger partial charge in [0.2, 0.25) is 0 Å². The van der Waals surface area contributed by atoms with Gasteiger partial charge in [0.1, 0.15) is 0 Å². The first-order valence-corrected chi connectivity index (χ1v) is 9.23. The third-order valence-corrected chi connectivity index (χ3v) is 6.45. The number of aliphatic carboxylic acids is 1. The van der Waals surface area contributed by atoms with Gasteiger partial charge in [-0.3, -0.25) is 0 Å². The van der Waals surface area contributed by atoms with Gasteiger partial charge in [-0.15, -0.1) is 0 Å². The largest absolute Gasteiger partial charge is 0.490 e. The molecular weight excluding hydrogens is 350 g/mol. The predicted molar refractivity (Wildman–Crippen MR) is 91.3 cm³/mol. The normalized spacial score (nSPS) is 35.7. The molecule has 1 saturated heterocycles. The molecule has 0 amide bonds. The van der Waals surface area contributed by atoms with Crippen molar-refractivity contribution in [3.05, 3.63) is 0 Å². The second-order valence-corrected chi connectivity index (χ2v) is 8.45. The van der Waals surface area contributed by atoms with Crippen molar-refractivity contribution in [1.82, 2.24) is 0 Å². The number of carboxylic acids is 1. The van der Waals surface area contributed by atoms with E-state index in [-0.39, 0.29) is 24.8 Å². The van der Waals surface area contributed by atoms with Crippen molar-refractivity contribution in [1.29, 1.82) is 0 Å². The molecule has 3 saturated carbocycles. The maximum absolute atomic E-state index is 10.6. The highest BCUT2D eigenvalue weighted by Crippen LogP contribution is 2.65. The van der Waals surface area contributed by atoms with E-state index in [0.717, 1.165) is 25.2 Å². The Morgan fingerprint density at radius 3 is 2.38 bits per heavy atom. The summed E-state index contributed by atoms with van der Waals surface area (Å²) in [5.74, 6) is -1.29. The standard InChI is InChI=1S/C15H28BNO2.C2HF3O2/c1-5-6-7-13(17)16-18-12-9-10-8-11(14(10,2)3)15(12,4)19-16;3-2(4,5)1(6)7/h10-13H,5-9,17H2,1-4H3;(H,6,7)/t10?,11?,12?,13?,15-;/m0./s1. The van der Waals surface area contributed by atoms with E-state index >= 15 is 0 Å². The van der Waals surface area contributed by atoms with Crippen LogP contribution in [0.4, 0.5) is 13.2 Å². The van der Waals surface area contributed by atoms with Crippen molar-refractivity contribution in [3.8, 4) is 0 Å². The van der Waals surface area contributed by atoms with Crippen molar-refractivity contribution < 1.29 is 32.4 Å². The molecule has 2 bridgehead atoms. The molecule has 4 rings (SSSR count). The Labute approximate surface area is 152 Å². The van der Waals surface area contributed by atoms with Gasteiger partial charge in [0.15, 0.2) is 0 Å². The van der Waals surface area contributed by atoms with E-state index in [1.165, 1.54) is 12.8 Å². The smallest absolute Gasteiger partial charge is 0.475 e. The molecule has 3 N–H and O–H groups in total. The first-order valence-electron chi connectivity index (χ1n) is 9.23. The van der Waals surface area contributed by atoms with Crippen LogP contribution in [-0.2, 0) is 14.1 Å². The lowest BCUT2D eigenvalue weighted by atomic mass is 9.43. The number of nitrogens with two attached hydrogens (primary N) is 1. The van der Waals surface area contributed by atoms with E-state index in [0.29, 0.717) is 11.3 Å². The maximum atomic E-state index is 10.6. The molecule has 5 nitrogen and oxygen atoms in total. The summed E-state index contributed by atoms with van der Waals surface area (Å²) in [7, 11) is -0.184. The molecule has 0 aromatic carbocycles. The molecule has 4 aliphatic rings. The summed E-state index contributed by atoms with van der Waals surface area (Å²) in [6, 6.07) is 0. The monoisotopic (exact) mass is 379 g/mol. The van der Waals surface area contributed by atoms with Crippen molar-refractivity contribution >= 4 is 13.1 Å². The van der Waals surface area contributed by atoms with Crippen molar-refractivity contribution in [3.63, 3.8) is 0 Å². The number of alkyl halides is 3. The predicted octanol–water partition coefficient (Wildman–Crippen LogP) is 3.40. The first kappa shape index (κ1) is 21.5. The van der Waals surface area contributed by atoms with Crippen LogP contribution in [-0.4, -0.2) is 42.0 Å². The van der Waals surface area contributed by atoms with E-state index in [9.17, 15) is 13.2 Å². The molecule has 4 fully saturated rings. The average molecular weight is 379 g/mol. The third-order valence-electron chi connectivity index (χ3n) is 6.45. The second kappa shape index (κ2) is 7.32. The highest BCUT2D eigenvalue weighted by molar-refractivity contribution is 6.47. The van der Waals surface area contributed by atoms with Gasteiger partial charge >= 0.3 is 19.3 Å². The van der Waals surface area contributed by atoms with E-state index in [1.807, 2.05) is 0 Å². The molecule has 9 heteroatoms. The average Bonchev–Trinajstić information content (AvgIpc) is 2.89. The second-order valence-electron chi connectivity index (χ2n) is 8.45. The molecule has 5 atom stereocenters. The Morgan fingerprint density at radius 1 is 1.35 bits per heavy atom. The quantitative estimate of drug-likeness (QED) is 0.732. The summed E-state index contributed by atoms with van der Waals surface area (Å²) in [4.78, 5) is 8.90. The number of carboxylic acid groups (broad SMARTS) is 1. The van der Waals surface area contributed by atoms with Gasteiger partial charge < -0.3 is 20.1 Å². The van der Waals surface area contributed by atoms with Gasteiger partial charge in [0.05, 0.1) is 11.7 Å². The third kappa shape index (κ3) is 3.89. The Morgan fingerprint density at radius 2 is 1.92 bits per heavy atom. The van der Waals surface area contributed by atoms with Crippen LogP contribution < -0.4 is 5.73 Å². The molecule has 3 aliphatic carbocycles. The lowest BCUT2D eigenvalue weighted by molar-refractivity contribution is -0.199. The van der Waals surface area contributed by atoms with Gasteiger partial charge in [-0.2, -0.15) is 13.2 Å². The van der Waals surface area contributed by atoms with Crippen LogP contribution in [0.15, 0.2) is 0 Å². The maximum Gasteiger partial charge on any atom is 0.490 e. The number of carbonyl (C=O) groups is 1. The highest BCUT2D eigenvalue weighted by Gasteiger charge is 2.68. The minimum Gasteiger partial charge on any atom is -0.475 e. The topological polar surface area (TPSA) is 81.8 Å². The molecular formula is C17H29BF3NO4. The minimum absolute atomic E-state index is 0.0303. The summed E-state index contributed by atoms with van der Waals surface area (Å²) >= 11 is 0. The number of hydrogen-bond donors (Lipinski definition) is 2. The highest BCUT2D eigenvalue weighted by atomic mass is 19.4. The molecule has 0 radical (unpaired) electrons. The van der Waals surface area contributed by atoms with Crippen molar-refractivity contribution in [2.45, 2.75) is 83.6 Å². The Bertz CT molecular complexity index is 531. The van der Waals surface area contributed by atoms with E-state index in [2.05, 4.69) is 27.7 Å². The van der Waals surface area contributed by atoms with Crippen LogP contribution >= 0.6 is 0 Å². The molecule has 0 aromatic rings. The van der Waals surface area contributed by atoms with Crippen LogP contribution in [0, 0.1) is 17.3 Å². The zero-order valence-corrected chi connectivity index (χ0v) is 15.8. The fourth-order valence-corrected chi connectivity index (χ4v) is 4.66. The van der Waals surface area contributed by atoms with Crippen LogP contribution in [0.3, 0.4) is 0 Å². The number of halogens is 3. The van der Waals surface area contributed by atoms with E-state index in [4.69, 9.17) is 24.9 Å². The summed E-state index contributed by atoms with van der Waals surface area (Å²) in [5.41, 5.74) is 6.56. The number of unbranched alkanes of at least 4 members (excludes halogenated alkanes) is 1. The summed E-state index contributed by atoms with van der Waals surface area (Å²) in [6.45, 7) is 9.23. The van der Waals surface area contributed by atoms with Crippen LogP contribution in [0.2, 0.25) is 0 Å². The SMILES string of the molecule is CCCCC(N)B1OC2CC3CC(C3(C)C)[C@]2(C)O1.O=C(O)C(F)(F)F. The molecule has 0 aromatic heterocycles. The van der Waals surface area contributed by atoms with Crippen LogP contribution in [0.1, 0.15) is 59.8 Å². The number of rotatable bonds is 4. The lowest BCUT2D eigenvalue weighted by Crippen LogP contribution is -2.65. The van der Waals surface area contributed by atoms with Crippen LogP contribution in [0.25, 0.3) is 0 Å². The van der Waals surface area contributed by atoms with Crippen molar-refractivity contribution in [2.75, 3.05) is 0 Å². The zero-order chi connectivity index (χ0) is 19.9. The van der Waals surface area contributed by atoms with Crippen molar-refractivity contribution in [2.24, 2.45) is 23.0 Å². The van der Waals surface area contributed by atoms with E-state index < -0.39 is 12.1 Å². The van der Waals surface area contributed by atoms with Gasteiger partial charge in [0.25, 0.3) is 0 Å². The zero-order valence-electron chi connectivity index (χ0n) is 15.8. The Kier molecular flexibility index (Phi) is 6.05. The summed E-state index contributed by atoms with van der Waals surface area (Å²) < 4.78 is 44.3. The molecule has 0 spiro atoms. The summed E-state index contributed by atoms with van der Waals surface area (Å²) in [5, 5.41) is 7.12. The van der Waals surface area contributed by atoms with Gasteiger partial charge in [-0.05, 0) is 43.4 Å². The fourth-order valence-electron chi connectivity index (χ4n) is 4.66. The summed E-state index contributed by atoms with van der Waals surface area (Å²) in [6.07, 6.45) is 0.975. The minimum atomic E-state index is -5.08. The molecule has 4 unspecified atom stereocenters. The molecule has 1 heterocycles. The Balaban J connectivity index is 0.000000298. The molecule has 150 valence electrons. The van der Waals surface area contributed by atoms with Gasteiger partial charge in [-0.25, -0.2) is 4.79 Å². The van der Waals surface area contributed by atoms with Crippen LogP contribution in [0.5, 0.6) is 0 Å². The first-order chi connectivity index (χ1) is 11.8. The van der Waals surface area contributed by atoms with E-state index in [1.54, 1.807) is 0 Å². The van der Waals surface area contributed by atoms with Gasteiger partial charge in [0, 0.05) is 5.94 Å². The Hall–Kier alpha value is -0.795.